The SMILES string of the molecule is C=CC1=C(C=C)Oc2cc(C)ccc2N1. The summed E-state index contributed by atoms with van der Waals surface area (Å²) in [4.78, 5) is 0. The Labute approximate surface area is 89.6 Å². The van der Waals surface area contributed by atoms with Gasteiger partial charge in [-0.1, -0.05) is 19.2 Å². The normalized spacial score (nSPS) is 13.7. The number of ether oxygens (including phenoxy) is 1. The van der Waals surface area contributed by atoms with E-state index in [1.165, 1.54) is 5.56 Å². The molecule has 1 aliphatic heterocycles. The van der Waals surface area contributed by atoms with Crippen molar-refractivity contribution in [1.82, 2.24) is 0 Å². The van der Waals surface area contributed by atoms with Crippen molar-refractivity contribution in [3.63, 3.8) is 0 Å². The molecule has 76 valence electrons. The van der Waals surface area contributed by atoms with E-state index in [9.17, 15) is 0 Å². The van der Waals surface area contributed by atoms with Crippen molar-refractivity contribution in [1.29, 1.82) is 0 Å². The van der Waals surface area contributed by atoms with Crippen LogP contribution in [0.3, 0.4) is 0 Å². The second-order valence-electron chi connectivity index (χ2n) is 3.41. The molecule has 1 aromatic carbocycles. The molecule has 1 heterocycles. The summed E-state index contributed by atoms with van der Waals surface area (Å²) in [5.41, 5.74) is 2.98. The minimum Gasteiger partial charge on any atom is -0.453 e. The van der Waals surface area contributed by atoms with Crippen LogP contribution in [0.5, 0.6) is 5.75 Å². The Morgan fingerprint density at radius 3 is 2.73 bits per heavy atom. The third-order valence-electron chi connectivity index (χ3n) is 2.28. The fraction of sp³-hybridized carbons (Fsp3) is 0.0769. The number of fused-ring (bicyclic) bond motifs is 1. The summed E-state index contributed by atoms with van der Waals surface area (Å²) in [6, 6.07) is 6.02. The van der Waals surface area contributed by atoms with Gasteiger partial charge < -0.3 is 10.1 Å². The highest BCUT2D eigenvalue weighted by molar-refractivity contribution is 5.65. The van der Waals surface area contributed by atoms with E-state index in [0.717, 1.165) is 17.1 Å². The van der Waals surface area contributed by atoms with Crippen LogP contribution in [-0.2, 0) is 0 Å². The zero-order valence-corrected chi connectivity index (χ0v) is 8.71. The second-order valence-corrected chi connectivity index (χ2v) is 3.41. The molecule has 0 atom stereocenters. The lowest BCUT2D eigenvalue weighted by atomic mass is 10.1. The topological polar surface area (TPSA) is 21.3 Å². The molecule has 0 spiro atoms. The molecule has 2 nitrogen and oxygen atoms in total. The van der Waals surface area contributed by atoms with E-state index >= 15 is 0 Å². The standard InChI is InChI=1S/C13H13NO/c1-4-10-12(5-2)15-13-8-9(3)6-7-11(13)14-10/h4-8,14H,1-2H2,3H3. The monoisotopic (exact) mass is 199 g/mol. The number of anilines is 1. The molecule has 1 aliphatic rings. The first-order chi connectivity index (χ1) is 7.24. The number of aryl methyl sites for hydroxylation is 1. The maximum absolute atomic E-state index is 5.69. The molecule has 0 saturated heterocycles. The van der Waals surface area contributed by atoms with Crippen LogP contribution < -0.4 is 10.1 Å². The van der Waals surface area contributed by atoms with E-state index in [-0.39, 0.29) is 0 Å². The molecule has 0 bridgehead atoms. The van der Waals surface area contributed by atoms with Gasteiger partial charge in [-0.25, -0.2) is 0 Å². The summed E-state index contributed by atoms with van der Waals surface area (Å²) in [7, 11) is 0. The van der Waals surface area contributed by atoms with E-state index in [0.29, 0.717) is 5.76 Å². The van der Waals surface area contributed by atoms with Crippen molar-refractivity contribution >= 4 is 5.69 Å². The highest BCUT2D eigenvalue weighted by Gasteiger charge is 2.15. The first kappa shape index (κ1) is 9.59. The number of hydrogen-bond acceptors (Lipinski definition) is 2. The predicted octanol–water partition coefficient (Wildman–Crippen LogP) is 3.38. The van der Waals surface area contributed by atoms with Gasteiger partial charge in [-0.3, -0.25) is 0 Å². The number of nitrogens with one attached hydrogen (secondary N) is 1. The third kappa shape index (κ3) is 1.66. The molecule has 0 aliphatic carbocycles. The molecule has 15 heavy (non-hydrogen) atoms. The van der Waals surface area contributed by atoms with Crippen LogP contribution in [0, 0.1) is 6.92 Å². The fourth-order valence-corrected chi connectivity index (χ4v) is 1.50. The van der Waals surface area contributed by atoms with Crippen LogP contribution in [0.25, 0.3) is 0 Å². The molecule has 1 aromatic rings. The van der Waals surface area contributed by atoms with Gasteiger partial charge >= 0.3 is 0 Å². The molecule has 0 radical (unpaired) electrons. The highest BCUT2D eigenvalue weighted by atomic mass is 16.5. The van der Waals surface area contributed by atoms with E-state index in [1.54, 1.807) is 12.2 Å². The largest absolute Gasteiger partial charge is 0.453 e. The molecule has 0 fully saturated rings. The highest BCUT2D eigenvalue weighted by Crippen LogP contribution is 2.33. The van der Waals surface area contributed by atoms with E-state index < -0.39 is 0 Å². The Bertz CT molecular complexity index is 458. The molecular formula is C13H13NO. The van der Waals surface area contributed by atoms with Gasteiger partial charge in [-0.2, -0.15) is 0 Å². The van der Waals surface area contributed by atoms with Gasteiger partial charge in [-0.05, 0) is 36.8 Å². The molecule has 1 N–H and O–H groups in total. The second kappa shape index (κ2) is 3.65. The van der Waals surface area contributed by atoms with Crippen molar-refractivity contribution in [3.05, 3.63) is 60.5 Å². The lowest BCUT2D eigenvalue weighted by molar-refractivity contribution is 0.435. The van der Waals surface area contributed by atoms with E-state index in [2.05, 4.69) is 18.5 Å². The molecular weight excluding hydrogens is 186 g/mol. The summed E-state index contributed by atoms with van der Waals surface area (Å²) >= 11 is 0. The van der Waals surface area contributed by atoms with Crippen molar-refractivity contribution in [2.45, 2.75) is 6.92 Å². The summed E-state index contributed by atoms with van der Waals surface area (Å²) < 4.78 is 5.69. The Balaban J connectivity index is 2.46. The molecule has 0 saturated carbocycles. The van der Waals surface area contributed by atoms with Crippen molar-refractivity contribution in [2.75, 3.05) is 5.32 Å². The number of allylic oxidation sites excluding steroid dienone is 2. The first-order valence-electron chi connectivity index (χ1n) is 4.79. The van der Waals surface area contributed by atoms with Crippen LogP contribution in [-0.4, -0.2) is 0 Å². The van der Waals surface area contributed by atoms with Gasteiger partial charge in [0.25, 0.3) is 0 Å². The summed E-state index contributed by atoms with van der Waals surface area (Å²) in [6.45, 7) is 9.46. The molecule has 2 heteroatoms. The molecule has 0 amide bonds. The van der Waals surface area contributed by atoms with Crippen molar-refractivity contribution < 1.29 is 4.74 Å². The minimum absolute atomic E-state index is 0.711. The van der Waals surface area contributed by atoms with Crippen molar-refractivity contribution in [3.8, 4) is 5.75 Å². The Morgan fingerprint density at radius 1 is 1.27 bits per heavy atom. The van der Waals surface area contributed by atoms with Gasteiger partial charge in [0.1, 0.15) is 5.76 Å². The number of benzene rings is 1. The molecule has 2 rings (SSSR count). The third-order valence-corrected chi connectivity index (χ3v) is 2.28. The van der Waals surface area contributed by atoms with Crippen LogP contribution in [0.2, 0.25) is 0 Å². The average molecular weight is 199 g/mol. The maximum atomic E-state index is 5.69. The maximum Gasteiger partial charge on any atom is 0.151 e. The van der Waals surface area contributed by atoms with Gasteiger partial charge in [0.2, 0.25) is 0 Å². The predicted molar refractivity (Wildman–Crippen MR) is 62.8 cm³/mol. The Hall–Kier alpha value is -1.96. The Morgan fingerprint density at radius 2 is 2.07 bits per heavy atom. The molecule has 0 aromatic heterocycles. The summed E-state index contributed by atoms with van der Waals surface area (Å²) in [5, 5.41) is 3.24. The lowest BCUT2D eigenvalue weighted by Gasteiger charge is -2.21. The minimum atomic E-state index is 0.711. The average Bonchev–Trinajstić information content (AvgIpc) is 2.27. The molecule has 0 unspecified atom stereocenters. The first-order valence-corrected chi connectivity index (χ1v) is 4.79. The Kier molecular flexibility index (Phi) is 2.34. The number of rotatable bonds is 2. The zero-order valence-electron chi connectivity index (χ0n) is 8.71. The van der Waals surface area contributed by atoms with Crippen LogP contribution in [0.4, 0.5) is 5.69 Å². The van der Waals surface area contributed by atoms with Gasteiger partial charge in [-0.15, -0.1) is 0 Å². The summed E-state index contributed by atoms with van der Waals surface area (Å²) in [5.74, 6) is 1.54. The van der Waals surface area contributed by atoms with Gasteiger partial charge in [0, 0.05) is 0 Å². The van der Waals surface area contributed by atoms with Crippen LogP contribution in [0.1, 0.15) is 5.56 Å². The van der Waals surface area contributed by atoms with E-state index in [4.69, 9.17) is 4.74 Å². The van der Waals surface area contributed by atoms with E-state index in [1.807, 2.05) is 25.1 Å². The number of hydrogen-bond donors (Lipinski definition) is 1. The quantitative estimate of drug-likeness (QED) is 0.788. The lowest BCUT2D eigenvalue weighted by Crippen LogP contribution is -2.11. The van der Waals surface area contributed by atoms with Crippen molar-refractivity contribution in [2.24, 2.45) is 0 Å². The summed E-state index contributed by atoms with van der Waals surface area (Å²) in [6.07, 6.45) is 3.40. The smallest absolute Gasteiger partial charge is 0.151 e. The fourth-order valence-electron chi connectivity index (χ4n) is 1.50. The van der Waals surface area contributed by atoms with Crippen LogP contribution >= 0.6 is 0 Å². The van der Waals surface area contributed by atoms with Gasteiger partial charge in [0.15, 0.2) is 5.75 Å². The van der Waals surface area contributed by atoms with Crippen LogP contribution in [0.15, 0.2) is 55.0 Å². The zero-order chi connectivity index (χ0) is 10.8. The van der Waals surface area contributed by atoms with Gasteiger partial charge in [0.05, 0.1) is 11.4 Å².